The quantitative estimate of drug-likeness (QED) is 0.883. The molecule has 5 nitrogen and oxygen atoms in total. The fourth-order valence-corrected chi connectivity index (χ4v) is 3.41. The van der Waals surface area contributed by atoms with Gasteiger partial charge in [0.1, 0.15) is 0 Å². The fourth-order valence-electron chi connectivity index (χ4n) is 3.41. The Morgan fingerprint density at radius 2 is 2.25 bits per heavy atom. The first kappa shape index (κ1) is 14.0. The van der Waals surface area contributed by atoms with E-state index < -0.39 is 0 Å². The smallest absolute Gasteiger partial charge is 0.151 e. The van der Waals surface area contributed by atoms with E-state index in [1.807, 2.05) is 0 Å². The minimum Gasteiger partial charge on any atom is -0.360 e. The molecule has 0 radical (unpaired) electrons. The van der Waals surface area contributed by atoms with Gasteiger partial charge in [0, 0.05) is 25.2 Å². The predicted octanol–water partition coefficient (Wildman–Crippen LogP) is 1.45. The van der Waals surface area contributed by atoms with Gasteiger partial charge in [0.15, 0.2) is 5.76 Å². The molecular formula is C15H26N4O. The summed E-state index contributed by atoms with van der Waals surface area (Å²) in [6.45, 7) is 9.70. The number of rotatable bonds is 5. The van der Waals surface area contributed by atoms with Crippen LogP contribution >= 0.6 is 0 Å². The molecule has 20 heavy (non-hydrogen) atoms. The van der Waals surface area contributed by atoms with Crippen molar-refractivity contribution in [3.63, 3.8) is 0 Å². The molecule has 2 saturated heterocycles. The van der Waals surface area contributed by atoms with Crippen molar-refractivity contribution in [2.75, 3.05) is 32.7 Å². The van der Waals surface area contributed by atoms with Crippen LogP contribution in [0, 0.1) is 0 Å². The molecule has 1 aromatic rings. The van der Waals surface area contributed by atoms with E-state index in [0.717, 1.165) is 37.1 Å². The molecule has 0 spiro atoms. The minimum absolute atomic E-state index is 0.765. The van der Waals surface area contributed by atoms with Crippen molar-refractivity contribution in [1.29, 1.82) is 0 Å². The van der Waals surface area contributed by atoms with Crippen molar-refractivity contribution < 1.29 is 4.52 Å². The summed E-state index contributed by atoms with van der Waals surface area (Å²) < 4.78 is 5.47. The van der Waals surface area contributed by atoms with Crippen LogP contribution in [-0.2, 0) is 13.1 Å². The largest absolute Gasteiger partial charge is 0.360 e. The third kappa shape index (κ3) is 3.40. The molecule has 0 bridgehead atoms. The summed E-state index contributed by atoms with van der Waals surface area (Å²) in [5.74, 6) is 1.00. The van der Waals surface area contributed by atoms with Gasteiger partial charge in [0.2, 0.25) is 0 Å². The van der Waals surface area contributed by atoms with Gasteiger partial charge in [-0.15, -0.1) is 0 Å². The third-order valence-corrected chi connectivity index (χ3v) is 4.43. The number of nitrogens with zero attached hydrogens (tertiary/aromatic N) is 3. The van der Waals surface area contributed by atoms with Crippen molar-refractivity contribution >= 4 is 0 Å². The molecule has 0 amide bonds. The average Bonchev–Trinajstić information content (AvgIpc) is 3.03. The van der Waals surface area contributed by atoms with E-state index in [0.29, 0.717) is 0 Å². The van der Waals surface area contributed by atoms with E-state index in [2.05, 4.69) is 33.3 Å². The van der Waals surface area contributed by atoms with Crippen molar-refractivity contribution in [3.05, 3.63) is 17.5 Å². The van der Waals surface area contributed by atoms with Crippen molar-refractivity contribution in [3.8, 4) is 0 Å². The number of nitrogens with one attached hydrogen (secondary N) is 1. The van der Waals surface area contributed by atoms with Crippen LogP contribution in [0.4, 0.5) is 0 Å². The third-order valence-electron chi connectivity index (χ3n) is 4.43. The van der Waals surface area contributed by atoms with Crippen LogP contribution in [0.3, 0.4) is 0 Å². The summed E-state index contributed by atoms with van der Waals surface area (Å²) in [5.41, 5.74) is 1.01. The van der Waals surface area contributed by atoms with E-state index in [1.165, 1.54) is 45.4 Å². The second-order valence-electron chi connectivity index (χ2n) is 5.99. The maximum atomic E-state index is 5.47. The molecule has 1 unspecified atom stereocenters. The second-order valence-corrected chi connectivity index (χ2v) is 5.99. The molecule has 5 heteroatoms. The van der Waals surface area contributed by atoms with Gasteiger partial charge >= 0.3 is 0 Å². The van der Waals surface area contributed by atoms with Gasteiger partial charge in [-0.3, -0.25) is 9.80 Å². The van der Waals surface area contributed by atoms with Gasteiger partial charge in [-0.1, -0.05) is 12.1 Å². The summed E-state index contributed by atoms with van der Waals surface area (Å²) in [6.07, 6.45) is 4.00. The van der Waals surface area contributed by atoms with Crippen LogP contribution < -0.4 is 5.32 Å². The molecule has 1 aromatic heterocycles. The topological polar surface area (TPSA) is 44.5 Å². The van der Waals surface area contributed by atoms with Crippen molar-refractivity contribution in [2.45, 2.75) is 45.3 Å². The Morgan fingerprint density at radius 3 is 3.15 bits per heavy atom. The normalized spacial score (nSPS) is 24.8. The standard InChI is InChI=1S/C15H26N4O/c1-2-16-10-13-9-15(20-17-13)12-18-6-4-8-19-7-3-5-14(19)11-18/h9,14,16H,2-8,10-12H2,1H3. The van der Waals surface area contributed by atoms with Crippen LogP contribution in [0.5, 0.6) is 0 Å². The number of fused-ring (bicyclic) bond motifs is 1. The van der Waals surface area contributed by atoms with E-state index in [-0.39, 0.29) is 0 Å². The zero-order chi connectivity index (χ0) is 13.8. The molecule has 2 fully saturated rings. The SMILES string of the molecule is CCNCc1cc(CN2CCCN3CCCC3C2)on1. The summed E-state index contributed by atoms with van der Waals surface area (Å²) in [6, 6.07) is 2.86. The number of aromatic nitrogens is 1. The lowest BCUT2D eigenvalue weighted by Crippen LogP contribution is -2.36. The molecule has 0 aliphatic carbocycles. The Hall–Kier alpha value is -0.910. The van der Waals surface area contributed by atoms with Gasteiger partial charge in [0.05, 0.1) is 12.2 Å². The van der Waals surface area contributed by atoms with Crippen LogP contribution in [0.2, 0.25) is 0 Å². The summed E-state index contributed by atoms with van der Waals surface area (Å²) in [7, 11) is 0. The lowest BCUT2D eigenvalue weighted by atomic mass is 10.2. The van der Waals surface area contributed by atoms with Crippen LogP contribution in [0.15, 0.2) is 10.6 Å². The molecule has 3 rings (SSSR count). The highest BCUT2D eigenvalue weighted by molar-refractivity contribution is 5.05. The maximum Gasteiger partial charge on any atom is 0.151 e. The van der Waals surface area contributed by atoms with Gasteiger partial charge < -0.3 is 9.84 Å². The molecule has 2 aliphatic heterocycles. The highest BCUT2D eigenvalue weighted by atomic mass is 16.5. The zero-order valence-corrected chi connectivity index (χ0v) is 12.5. The predicted molar refractivity (Wildman–Crippen MR) is 78.4 cm³/mol. The Kier molecular flexibility index (Phi) is 4.70. The lowest BCUT2D eigenvalue weighted by Gasteiger charge is -2.24. The number of hydrogen-bond donors (Lipinski definition) is 1. The van der Waals surface area contributed by atoms with Gasteiger partial charge in [-0.2, -0.15) is 0 Å². The molecule has 1 atom stereocenters. The van der Waals surface area contributed by atoms with Crippen LogP contribution in [0.1, 0.15) is 37.6 Å². The first-order chi connectivity index (χ1) is 9.85. The maximum absolute atomic E-state index is 5.47. The van der Waals surface area contributed by atoms with Crippen LogP contribution in [0.25, 0.3) is 0 Å². The average molecular weight is 278 g/mol. The lowest BCUT2D eigenvalue weighted by molar-refractivity contribution is 0.199. The van der Waals surface area contributed by atoms with Crippen molar-refractivity contribution in [1.82, 2.24) is 20.3 Å². The molecule has 2 aliphatic rings. The first-order valence-electron chi connectivity index (χ1n) is 7.96. The Balaban J connectivity index is 1.55. The van der Waals surface area contributed by atoms with Gasteiger partial charge in [0.25, 0.3) is 0 Å². The summed E-state index contributed by atoms with van der Waals surface area (Å²) in [5, 5.41) is 7.41. The fraction of sp³-hybridized carbons (Fsp3) is 0.800. The summed E-state index contributed by atoms with van der Waals surface area (Å²) in [4.78, 5) is 5.20. The van der Waals surface area contributed by atoms with E-state index in [9.17, 15) is 0 Å². The highest BCUT2D eigenvalue weighted by Crippen LogP contribution is 2.22. The molecule has 112 valence electrons. The van der Waals surface area contributed by atoms with Gasteiger partial charge in [-0.25, -0.2) is 0 Å². The Bertz CT molecular complexity index is 420. The summed E-state index contributed by atoms with van der Waals surface area (Å²) >= 11 is 0. The monoisotopic (exact) mass is 278 g/mol. The van der Waals surface area contributed by atoms with E-state index >= 15 is 0 Å². The minimum atomic E-state index is 0.765. The first-order valence-corrected chi connectivity index (χ1v) is 7.96. The molecule has 1 N–H and O–H groups in total. The van der Waals surface area contributed by atoms with Crippen molar-refractivity contribution in [2.24, 2.45) is 0 Å². The van der Waals surface area contributed by atoms with E-state index in [4.69, 9.17) is 4.52 Å². The highest BCUT2D eigenvalue weighted by Gasteiger charge is 2.28. The molecule has 0 aromatic carbocycles. The molecule has 3 heterocycles. The van der Waals surface area contributed by atoms with Gasteiger partial charge in [-0.05, 0) is 45.4 Å². The van der Waals surface area contributed by atoms with Crippen LogP contribution in [-0.4, -0.2) is 53.7 Å². The second kappa shape index (κ2) is 6.70. The molecule has 0 saturated carbocycles. The van der Waals surface area contributed by atoms with E-state index in [1.54, 1.807) is 0 Å². The number of hydrogen-bond acceptors (Lipinski definition) is 5. The Morgan fingerprint density at radius 1 is 1.35 bits per heavy atom. The zero-order valence-electron chi connectivity index (χ0n) is 12.5. The Labute approximate surface area is 121 Å². The molecular weight excluding hydrogens is 252 g/mol.